The predicted molar refractivity (Wildman–Crippen MR) is 113 cm³/mol. The number of hydrogen-bond donors (Lipinski definition) is 2. The average Bonchev–Trinajstić information content (AvgIpc) is 3.25. The van der Waals surface area contributed by atoms with Crippen molar-refractivity contribution in [1.29, 1.82) is 0 Å². The zero-order valence-electron chi connectivity index (χ0n) is 16.5. The summed E-state index contributed by atoms with van der Waals surface area (Å²) in [5.41, 5.74) is 1.86. The summed E-state index contributed by atoms with van der Waals surface area (Å²) in [7, 11) is 0. The molecule has 1 amide bonds. The van der Waals surface area contributed by atoms with Gasteiger partial charge in [-0.05, 0) is 56.3 Å². The van der Waals surface area contributed by atoms with Crippen molar-refractivity contribution in [2.24, 2.45) is 0 Å². The molecule has 150 valence electrons. The second-order valence-electron chi connectivity index (χ2n) is 6.83. The summed E-state index contributed by atoms with van der Waals surface area (Å²) in [5, 5.41) is 21.9. The Kier molecular flexibility index (Phi) is 5.42. The second kappa shape index (κ2) is 8.48. The molecule has 0 aliphatic rings. The van der Waals surface area contributed by atoms with Crippen molar-refractivity contribution in [1.82, 2.24) is 29.9 Å². The van der Waals surface area contributed by atoms with E-state index >= 15 is 0 Å². The lowest BCUT2D eigenvalue weighted by Gasteiger charge is -2.11. The van der Waals surface area contributed by atoms with Gasteiger partial charge >= 0.3 is 0 Å². The van der Waals surface area contributed by atoms with Crippen molar-refractivity contribution in [2.75, 3.05) is 10.6 Å². The van der Waals surface area contributed by atoms with Crippen LogP contribution in [0.4, 0.5) is 17.3 Å². The van der Waals surface area contributed by atoms with E-state index in [2.05, 4.69) is 36.0 Å². The highest BCUT2D eigenvalue weighted by molar-refractivity contribution is 6.04. The van der Waals surface area contributed by atoms with Crippen LogP contribution in [0, 0.1) is 0 Å². The van der Waals surface area contributed by atoms with Crippen LogP contribution in [0.5, 0.6) is 0 Å². The molecule has 0 fully saturated rings. The topological polar surface area (TPSA) is 111 Å². The van der Waals surface area contributed by atoms with Crippen molar-refractivity contribution >= 4 is 23.2 Å². The lowest BCUT2D eigenvalue weighted by atomic mass is 10.2. The fourth-order valence-electron chi connectivity index (χ4n) is 2.88. The Hall–Kier alpha value is -4.14. The number of aromatic nitrogens is 6. The molecule has 0 saturated heterocycles. The van der Waals surface area contributed by atoms with Gasteiger partial charge < -0.3 is 15.2 Å². The van der Waals surface area contributed by atoms with Crippen LogP contribution in [0.1, 0.15) is 30.2 Å². The number of amides is 1. The van der Waals surface area contributed by atoms with Gasteiger partial charge in [0.05, 0.1) is 0 Å². The molecule has 0 spiro atoms. The molecule has 0 aliphatic carbocycles. The van der Waals surface area contributed by atoms with Gasteiger partial charge in [-0.25, -0.2) is 4.98 Å². The standard InChI is InChI=1S/C21H20N8O/c1-14(2)29-13-23-28-20(29)17-8-4-9-18(25-17)26-21(30)15-6-3-7-16(12-15)24-19-10-5-11-22-27-19/h3-14H,1-2H3,(H,24,27)(H,25,26,30). The van der Waals surface area contributed by atoms with E-state index in [1.807, 2.05) is 36.6 Å². The average molecular weight is 400 g/mol. The number of rotatable bonds is 6. The normalized spacial score (nSPS) is 10.8. The van der Waals surface area contributed by atoms with E-state index in [4.69, 9.17) is 0 Å². The van der Waals surface area contributed by atoms with Crippen molar-refractivity contribution in [2.45, 2.75) is 19.9 Å². The van der Waals surface area contributed by atoms with E-state index < -0.39 is 0 Å². The Morgan fingerprint density at radius 1 is 0.967 bits per heavy atom. The SMILES string of the molecule is CC(C)n1cnnc1-c1cccc(NC(=O)c2cccc(Nc3cccnn3)c2)n1. The minimum atomic E-state index is -0.271. The van der Waals surface area contributed by atoms with Crippen molar-refractivity contribution in [3.8, 4) is 11.5 Å². The molecule has 4 rings (SSSR count). The van der Waals surface area contributed by atoms with Crippen molar-refractivity contribution in [3.63, 3.8) is 0 Å². The molecule has 2 N–H and O–H groups in total. The molecule has 0 saturated carbocycles. The van der Waals surface area contributed by atoms with E-state index in [-0.39, 0.29) is 11.9 Å². The highest BCUT2D eigenvalue weighted by atomic mass is 16.1. The molecule has 9 heteroatoms. The summed E-state index contributed by atoms with van der Waals surface area (Å²) in [6.45, 7) is 4.08. The predicted octanol–water partition coefficient (Wildman–Crippen LogP) is 3.71. The van der Waals surface area contributed by atoms with Crippen LogP contribution in [0.3, 0.4) is 0 Å². The second-order valence-corrected chi connectivity index (χ2v) is 6.83. The third kappa shape index (κ3) is 4.30. The van der Waals surface area contributed by atoms with Gasteiger partial charge in [0.1, 0.15) is 17.8 Å². The van der Waals surface area contributed by atoms with Gasteiger partial charge in [0.2, 0.25) is 0 Å². The lowest BCUT2D eigenvalue weighted by molar-refractivity contribution is 0.102. The zero-order chi connectivity index (χ0) is 20.9. The van der Waals surface area contributed by atoms with Crippen molar-refractivity contribution in [3.05, 3.63) is 72.7 Å². The van der Waals surface area contributed by atoms with Gasteiger partial charge in [-0.3, -0.25) is 4.79 Å². The first-order valence-electron chi connectivity index (χ1n) is 9.43. The first kappa shape index (κ1) is 19.2. The fraction of sp³-hybridized carbons (Fsp3) is 0.143. The third-order valence-electron chi connectivity index (χ3n) is 4.32. The first-order chi connectivity index (χ1) is 14.6. The first-order valence-corrected chi connectivity index (χ1v) is 9.43. The maximum atomic E-state index is 12.8. The Balaban J connectivity index is 1.52. The Labute approximate surface area is 173 Å². The molecule has 3 heterocycles. The largest absolute Gasteiger partial charge is 0.339 e. The Morgan fingerprint density at radius 3 is 2.60 bits per heavy atom. The highest BCUT2D eigenvalue weighted by Crippen LogP contribution is 2.21. The van der Waals surface area contributed by atoms with Gasteiger partial charge in [-0.15, -0.1) is 15.3 Å². The monoisotopic (exact) mass is 400 g/mol. The molecule has 0 unspecified atom stereocenters. The molecule has 3 aromatic heterocycles. The van der Waals surface area contributed by atoms with Crippen LogP contribution in [0.15, 0.2) is 67.1 Å². The number of benzene rings is 1. The number of anilines is 3. The fourth-order valence-corrected chi connectivity index (χ4v) is 2.88. The van der Waals surface area contributed by atoms with Gasteiger partial charge in [0.25, 0.3) is 5.91 Å². The summed E-state index contributed by atoms with van der Waals surface area (Å²) in [6, 6.07) is 16.3. The van der Waals surface area contributed by atoms with Crippen LogP contribution >= 0.6 is 0 Å². The van der Waals surface area contributed by atoms with E-state index in [1.165, 1.54) is 0 Å². The maximum absolute atomic E-state index is 12.8. The smallest absolute Gasteiger partial charge is 0.256 e. The molecular formula is C21H20N8O. The molecule has 0 atom stereocenters. The van der Waals surface area contributed by atoms with E-state index in [1.54, 1.807) is 48.9 Å². The molecule has 0 aliphatic heterocycles. The number of hydrogen-bond acceptors (Lipinski definition) is 7. The molecule has 1 aromatic carbocycles. The molecule has 0 bridgehead atoms. The summed E-state index contributed by atoms with van der Waals surface area (Å²) in [5.74, 6) is 1.41. The third-order valence-corrected chi connectivity index (χ3v) is 4.32. The van der Waals surface area contributed by atoms with Gasteiger partial charge in [-0.1, -0.05) is 12.1 Å². The van der Waals surface area contributed by atoms with Gasteiger partial charge in [0, 0.05) is 23.5 Å². The summed E-state index contributed by atoms with van der Waals surface area (Å²) >= 11 is 0. The summed E-state index contributed by atoms with van der Waals surface area (Å²) in [6.07, 6.45) is 3.27. The highest BCUT2D eigenvalue weighted by Gasteiger charge is 2.13. The van der Waals surface area contributed by atoms with Crippen LogP contribution in [-0.2, 0) is 0 Å². The number of nitrogens with zero attached hydrogens (tertiary/aromatic N) is 6. The Bertz CT molecular complexity index is 1160. The van der Waals surface area contributed by atoms with Crippen LogP contribution in [0.25, 0.3) is 11.5 Å². The number of pyridine rings is 1. The Morgan fingerprint density at radius 2 is 1.80 bits per heavy atom. The number of carbonyl (C=O) groups is 1. The summed E-state index contributed by atoms with van der Waals surface area (Å²) < 4.78 is 1.93. The van der Waals surface area contributed by atoms with Crippen LogP contribution in [0.2, 0.25) is 0 Å². The van der Waals surface area contributed by atoms with Gasteiger partial charge in [0.15, 0.2) is 11.6 Å². The number of carbonyl (C=O) groups excluding carboxylic acids is 1. The number of nitrogens with one attached hydrogen (secondary N) is 2. The molecule has 4 aromatic rings. The lowest BCUT2D eigenvalue weighted by Crippen LogP contribution is -2.13. The molecular weight excluding hydrogens is 380 g/mol. The van der Waals surface area contributed by atoms with E-state index in [0.29, 0.717) is 28.7 Å². The molecule has 30 heavy (non-hydrogen) atoms. The minimum Gasteiger partial charge on any atom is -0.339 e. The van der Waals surface area contributed by atoms with E-state index in [0.717, 1.165) is 5.69 Å². The zero-order valence-corrected chi connectivity index (χ0v) is 16.5. The molecule has 0 radical (unpaired) electrons. The van der Waals surface area contributed by atoms with E-state index in [9.17, 15) is 4.79 Å². The maximum Gasteiger partial charge on any atom is 0.256 e. The van der Waals surface area contributed by atoms with Gasteiger partial charge in [-0.2, -0.15) is 5.10 Å². The van der Waals surface area contributed by atoms with Crippen LogP contribution in [-0.4, -0.2) is 35.9 Å². The minimum absolute atomic E-state index is 0.194. The summed E-state index contributed by atoms with van der Waals surface area (Å²) in [4.78, 5) is 17.3. The quantitative estimate of drug-likeness (QED) is 0.507. The van der Waals surface area contributed by atoms with Crippen LogP contribution < -0.4 is 10.6 Å². The van der Waals surface area contributed by atoms with Crippen molar-refractivity contribution < 1.29 is 4.79 Å². The molecule has 9 nitrogen and oxygen atoms in total.